The van der Waals surface area contributed by atoms with Gasteiger partial charge in [0.2, 0.25) is 0 Å². The molecule has 5 rings (SSSR count). The van der Waals surface area contributed by atoms with Gasteiger partial charge in [-0.3, -0.25) is 9.36 Å². The van der Waals surface area contributed by atoms with Gasteiger partial charge in [-0.1, -0.05) is 43.9 Å². The maximum Gasteiger partial charge on any atom is 0.338 e. The zero-order valence-corrected chi connectivity index (χ0v) is 22.4. The number of esters is 2. The van der Waals surface area contributed by atoms with Crippen molar-refractivity contribution in [1.29, 1.82) is 0 Å². The Morgan fingerprint density at radius 3 is 2.51 bits per heavy atom. The highest BCUT2D eigenvalue weighted by Gasteiger charge is 2.66. The smallest absolute Gasteiger partial charge is 0.338 e. The van der Waals surface area contributed by atoms with Crippen LogP contribution in [0.15, 0.2) is 43.0 Å². The van der Waals surface area contributed by atoms with Crippen molar-refractivity contribution < 1.29 is 28.2 Å². The number of carbonyl (C=O) groups excluding carboxylic acids is 2. The Morgan fingerprint density at radius 1 is 1.10 bits per heavy atom. The minimum Gasteiger partial charge on any atom is -0.459 e. The number of nitrogens with zero attached hydrogens (tertiary/aromatic N) is 4. The molecule has 3 aromatic rings. The topological polar surface area (TPSA) is 117 Å². The lowest BCUT2D eigenvalue weighted by Gasteiger charge is -2.36. The molecule has 11 heteroatoms. The first-order valence-corrected chi connectivity index (χ1v) is 13.4. The van der Waals surface area contributed by atoms with Crippen LogP contribution >= 0.6 is 0 Å². The number of imidazole rings is 1. The van der Waals surface area contributed by atoms with Crippen molar-refractivity contribution in [2.24, 2.45) is 0 Å². The van der Waals surface area contributed by atoms with Crippen LogP contribution < -0.4 is 5.32 Å². The number of anilines is 1. The van der Waals surface area contributed by atoms with Gasteiger partial charge in [-0.2, -0.15) is 0 Å². The van der Waals surface area contributed by atoms with Gasteiger partial charge in [0.05, 0.1) is 11.9 Å². The molecule has 0 spiro atoms. The summed E-state index contributed by atoms with van der Waals surface area (Å²) in [6, 6.07) is 8.72. The third-order valence-corrected chi connectivity index (χ3v) is 7.88. The first kappa shape index (κ1) is 27.0. The zero-order valence-electron chi connectivity index (χ0n) is 22.4. The number of rotatable bonds is 7. The number of hydrogen-bond acceptors (Lipinski definition) is 9. The molecule has 2 fully saturated rings. The number of fused-ring (bicyclic) bond motifs is 1. The van der Waals surface area contributed by atoms with Gasteiger partial charge in [0.15, 0.2) is 34.5 Å². The van der Waals surface area contributed by atoms with Gasteiger partial charge in [-0.15, -0.1) is 0 Å². The monoisotopic (exact) mass is 539 g/mol. The summed E-state index contributed by atoms with van der Waals surface area (Å²) in [5.74, 6) is -0.693. The molecule has 3 heterocycles. The number of benzene rings is 1. The standard InChI is InChI=1S/C28H34FN5O5/c1-18(35)39-28(3)21(15-37-25(36)19-11-7-6-8-12-19)38-26(27(28,2)29)34-17-32-22-23(30-16-31-24(22)34)33-20-13-9-4-5-10-14-20/h6-8,11-12,16-17,20-21,26H,4-5,9-10,13-15H2,1-3H3,(H,30,31,33)/t21-,26-,27+,28-/m1/s1. The van der Waals surface area contributed by atoms with Crippen LogP contribution in [-0.2, 0) is 19.0 Å². The fourth-order valence-electron chi connectivity index (χ4n) is 5.52. The maximum atomic E-state index is 16.7. The number of nitrogens with one attached hydrogen (secondary N) is 1. The van der Waals surface area contributed by atoms with Crippen LogP contribution in [-0.4, -0.2) is 61.5 Å². The molecule has 10 nitrogen and oxygen atoms in total. The molecule has 4 atom stereocenters. The van der Waals surface area contributed by atoms with E-state index in [9.17, 15) is 9.59 Å². The van der Waals surface area contributed by atoms with E-state index in [0.29, 0.717) is 22.5 Å². The van der Waals surface area contributed by atoms with Crippen molar-refractivity contribution in [2.45, 2.75) is 88.9 Å². The summed E-state index contributed by atoms with van der Waals surface area (Å²) in [6.07, 6.45) is 7.34. The predicted molar refractivity (Wildman–Crippen MR) is 141 cm³/mol. The second-order valence-electron chi connectivity index (χ2n) is 10.6. The zero-order chi connectivity index (χ0) is 27.6. The molecule has 39 heavy (non-hydrogen) atoms. The number of alkyl halides is 1. The average Bonchev–Trinajstić information content (AvgIpc) is 3.27. The van der Waals surface area contributed by atoms with Crippen molar-refractivity contribution in [1.82, 2.24) is 19.5 Å². The van der Waals surface area contributed by atoms with Crippen molar-refractivity contribution in [3.63, 3.8) is 0 Å². The SMILES string of the molecule is CC(=O)O[C@]1(C)[C@@H](COC(=O)c2ccccc2)O[C@@H](n2cnc3c(NC4CCCCCC4)ncnc32)[C@]1(C)F. The Balaban J connectivity index is 1.43. The van der Waals surface area contributed by atoms with E-state index in [2.05, 4.69) is 20.3 Å². The maximum absolute atomic E-state index is 16.7. The molecule has 1 aliphatic carbocycles. The van der Waals surface area contributed by atoms with Crippen LogP contribution in [0.3, 0.4) is 0 Å². The Kier molecular flexibility index (Phi) is 7.53. The fraction of sp³-hybridized carbons (Fsp3) is 0.536. The molecule has 1 saturated carbocycles. The number of ether oxygens (including phenoxy) is 3. The molecule has 0 radical (unpaired) electrons. The summed E-state index contributed by atoms with van der Waals surface area (Å²) in [5, 5.41) is 3.50. The lowest BCUT2D eigenvalue weighted by molar-refractivity contribution is -0.175. The molecule has 208 valence electrons. The van der Waals surface area contributed by atoms with Gasteiger partial charge in [-0.05, 0) is 38.8 Å². The molecule has 0 amide bonds. The van der Waals surface area contributed by atoms with Gasteiger partial charge in [0, 0.05) is 13.0 Å². The third-order valence-electron chi connectivity index (χ3n) is 7.88. The van der Waals surface area contributed by atoms with Crippen molar-refractivity contribution >= 4 is 28.9 Å². The lowest BCUT2D eigenvalue weighted by Crippen LogP contribution is -2.55. The Morgan fingerprint density at radius 2 is 1.82 bits per heavy atom. The van der Waals surface area contributed by atoms with E-state index in [4.69, 9.17) is 14.2 Å². The number of halogens is 1. The van der Waals surface area contributed by atoms with Crippen LogP contribution in [0.5, 0.6) is 0 Å². The van der Waals surface area contributed by atoms with Gasteiger partial charge < -0.3 is 19.5 Å². The molecule has 1 N–H and O–H groups in total. The fourth-order valence-corrected chi connectivity index (χ4v) is 5.52. The molecule has 1 saturated heterocycles. The van der Waals surface area contributed by atoms with E-state index >= 15 is 4.39 Å². The molecule has 2 aromatic heterocycles. The van der Waals surface area contributed by atoms with E-state index in [1.165, 1.54) is 50.8 Å². The molecular weight excluding hydrogens is 505 g/mol. The molecule has 0 unspecified atom stereocenters. The molecular formula is C28H34FN5O5. The summed E-state index contributed by atoms with van der Waals surface area (Å²) in [7, 11) is 0. The lowest BCUT2D eigenvalue weighted by atomic mass is 9.84. The van der Waals surface area contributed by atoms with Gasteiger partial charge in [0.25, 0.3) is 0 Å². The highest BCUT2D eigenvalue weighted by Crippen LogP contribution is 2.51. The minimum absolute atomic E-state index is 0.279. The number of hydrogen-bond donors (Lipinski definition) is 1. The molecule has 1 aliphatic heterocycles. The Labute approximate surface area is 226 Å². The highest BCUT2D eigenvalue weighted by molar-refractivity contribution is 5.89. The average molecular weight is 540 g/mol. The first-order chi connectivity index (χ1) is 18.7. The number of carbonyl (C=O) groups is 2. The Hall–Kier alpha value is -3.60. The minimum atomic E-state index is -2.24. The van der Waals surface area contributed by atoms with Crippen LogP contribution in [0.1, 0.15) is 75.9 Å². The van der Waals surface area contributed by atoms with Crippen LogP contribution in [0, 0.1) is 0 Å². The largest absolute Gasteiger partial charge is 0.459 e. The van der Waals surface area contributed by atoms with Crippen LogP contribution in [0.2, 0.25) is 0 Å². The molecule has 0 bridgehead atoms. The van der Waals surface area contributed by atoms with E-state index in [1.807, 2.05) is 0 Å². The summed E-state index contributed by atoms with van der Waals surface area (Å²) in [6.45, 7) is 3.62. The quantitative estimate of drug-likeness (QED) is 0.335. The van der Waals surface area contributed by atoms with Gasteiger partial charge in [-0.25, -0.2) is 24.1 Å². The van der Waals surface area contributed by atoms with E-state index in [-0.39, 0.29) is 12.6 Å². The van der Waals surface area contributed by atoms with Crippen molar-refractivity contribution in [2.75, 3.05) is 11.9 Å². The normalized spacial score (nSPS) is 27.7. The third kappa shape index (κ3) is 5.19. The summed E-state index contributed by atoms with van der Waals surface area (Å²) < 4.78 is 35.4. The summed E-state index contributed by atoms with van der Waals surface area (Å²) in [4.78, 5) is 37.9. The van der Waals surface area contributed by atoms with Crippen LogP contribution in [0.4, 0.5) is 10.2 Å². The van der Waals surface area contributed by atoms with Gasteiger partial charge >= 0.3 is 11.9 Å². The second-order valence-corrected chi connectivity index (χ2v) is 10.6. The predicted octanol–water partition coefficient (Wildman–Crippen LogP) is 4.77. The first-order valence-electron chi connectivity index (χ1n) is 13.4. The second kappa shape index (κ2) is 10.9. The summed E-state index contributed by atoms with van der Waals surface area (Å²) in [5.41, 5.74) is -2.80. The van der Waals surface area contributed by atoms with E-state index in [0.717, 1.165) is 25.7 Å². The summed E-state index contributed by atoms with van der Waals surface area (Å²) >= 11 is 0. The van der Waals surface area contributed by atoms with E-state index in [1.54, 1.807) is 30.3 Å². The molecule has 1 aromatic carbocycles. The van der Waals surface area contributed by atoms with Crippen molar-refractivity contribution in [3.8, 4) is 0 Å². The van der Waals surface area contributed by atoms with Gasteiger partial charge in [0.1, 0.15) is 19.0 Å². The van der Waals surface area contributed by atoms with Crippen molar-refractivity contribution in [3.05, 3.63) is 48.5 Å². The number of aromatic nitrogens is 4. The highest BCUT2D eigenvalue weighted by atomic mass is 19.1. The van der Waals surface area contributed by atoms with Crippen LogP contribution in [0.25, 0.3) is 11.2 Å². The van der Waals surface area contributed by atoms with E-state index < -0.39 is 35.5 Å². The Bertz CT molecular complexity index is 1320. The molecule has 2 aliphatic rings.